The summed E-state index contributed by atoms with van der Waals surface area (Å²) in [6.45, 7) is 4.60. The molecule has 0 aliphatic heterocycles. The number of imidazole rings is 1. The largest absolute Gasteiger partial charge is 0.494 e. The Labute approximate surface area is 128 Å². The Morgan fingerprint density at radius 2 is 2.05 bits per heavy atom. The summed E-state index contributed by atoms with van der Waals surface area (Å²) >= 11 is 5.87. The highest BCUT2D eigenvalue weighted by atomic mass is 35.5. The Morgan fingerprint density at radius 1 is 1.33 bits per heavy atom. The lowest BCUT2D eigenvalue weighted by molar-refractivity contribution is 0.110. The summed E-state index contributed by atoms with van der Waals surface area (Å²) in [5.41, 5.74) is 1.08. The Kier molecular flexibility index (Phi) is 4.74. The maximum absolute atomic E-state index is 13.9. The first-order chi connectivity index (χ1) is 9.94. The van der Waals surface area contributed by atoms with E-state index in [1.165, 1.54) is 13.2 Å². The van der Waals surface area contributed by atoms with Crippen molar-refractivity contribution in [2.45, 2.75) is 25.8 Å². The monoisotopic (exact) mass is 314 g/mol. The van der Waals surface area contributed by atoms with Gasteiger partial charge in [-0.2, -0.15) is 0 Å². The molecule has 21 heavy (non-hydrogen) atoms. The van der Waals surface area contributed by atoms with E-state index in [0.29, 0.717) is 24.4 Å². The van der Waals surface area contributed by atoms with E-state index < -0.39 is 5.82 Å². The number of fused-ring (bicyclic) bond motifs is 1. The van der Waals surface area contributed by atoms with Crippen LogP contribution in [0.5, 0.6) is 5.75 Å². The number of rotatable bonds is 6. The number of halogens is 2. The number of alkyl halides is 1. The Morgan fingerprint density at radius 3 is 2.62 bits per heavy atom. The Balaban J connectivity index is 2.71. The fraction of sp³-hybridized carbons (Fsp3) is 0.533. The van der Waals surface area contributed by atoms with Crippen LogP contribution in [0.15, 0.2) is 12.1 Å². The number of hydrogen-bond donors (Lipinski definition) is 0. The molecule has 0 atom stereocenters. The molecule has 0 bridgehead atoms. The molecule has 0 saturated heterocycles. The predicted molar refractivity (Wildman–Crippen MR) is 81.9 cm³/mol. The van der Waals surface area contributed by atoms with Gasteiger partial charge in [0.1, 0.15) is 5.82 Å². The topological polar surface area (TPSA) is 36.3 Å². The number of aromatic nitrogens is 2. The lowest BCUT2D eigenvalue weighted by Crippen LogP contribution is -2.33. The van der Waals surface area contributed by atoms with Crippen LogP contribution >= 0.6 is 11.6 Å². The molecular weight excluding hydrogens is 295 g/mol. The van der Waals surface area contributed by atoms with Gasteiger partial charge < -0.3 is 14.0 Å². The van der Waals surface area contributed by atoms with Crippen molar-refractivity contribution in [2.75, 3.05) is 26.7 Å². The van der Waals surface area contributed by atoms with E-state index in [9.17, 15) is 4.39 Å². The molecule has 0 amide bonds. The van der Waals surface area contributed by atoms with Gasteiger partial charge in [0.2, 0.25) is 0 Å². The van der Waals surface area contributed by atoms with E-state index in [-0.39, 0.29) is 11.3 Å². The zero-order valence-electron chi connectivity index (χ0n) is 12.7. The molecule has 116 valence electrons. The van der Waals surface area contributed by atoms with Crippen molar-refractivity contribution in [1.29, 1.82) is 0 Å². The normalized spacial score (nSPS) is 12.1. The number of nitrogens with zero attached hydrogens (tertiary/aromatic N) is 2. The second-order valence-corrected chi connectivity index (χ2v) is 5.90. The first-order valence-electron chi connectivity index (χ1n) is 6.75. The molecule has 0 radical (unpaired) electrons. The summed E-state index contributed by atoms with van der Waals surface area (Å²) in [7, 11) is 3.10. The smallest absolute Gasteiger partial charge is 0.167 e. The highest BCUT2D eigenvalue weighted by molar-refractivity contribution is 6.17. The van der Waals surface area contributed by atoms with Gasteiger partial charge in [0.05, 0.1) is 30.3 Å². The molecule has 0 aliphatic carbocycles. The van der Waals surface area contributed by atoms with Crippen molar-refractivity contribution < 1.29 is 13.9 Å². The third-order valence-corrected chi connectivity index (χ3v) is 3.61. The van der Waals surface area contributed by atoms with Gasteiger partial charge in [-0.05, 0) is 13.8 Å². The average molecular weight is 315 g/mol. The van der Waals surface area contributed by atoms with Gasteiger partial charge in [0.15, 0.2) is 11.6 Å². The standard InChI is InChI=1S/C15H20ClFN2O2/c1-15(2,9-20-3)19-12-8-13(21-4)10(17)7-11(12)18-14(19)5-6-16/h7-8H,5-6,9H2,1-4H3. The van der Waals surface area contributed by atoms with Crippen molar-refractivity contribution in [3.63, 3.8) is 0 Å². The van der Waals surface area contributed by atoms with Crippen molar-refractivity contribution >= 4 is 22.6 Å². The van der Waals surface area contributed by atoms with E-state index in [0.717, 1.165) is 11.3 Å². The van der Waals surface area contributed by atoms with Gasteiger partial charge in [-0.3, -0.25) is 0 Å². The zero-order valence-corrected chi connectivity index (χ0v) is 13.5. The van der Waals surface area contributed by atoms with Gasteiger partial charge in [-0.1, -0.05) is 0 Å². The second-order valence-electron chi connectivity index (χ2n) is 5.52. The number of aryl methyl sites for hydroxylation is 1. The number of methoxy groups -OCH3 is 2. The predicted octanol–water partition coefficient (Wildman–Crippen LogP) is 3.35. The first-order valence-corrected chi connectivity index (χ1v) is 7.28. The van der Waals surface area contributed by atoms with E-state index in [1.54, 1.807) is 13.2 Å². The summed E-state index contributed by atoms with van der Waals surface area (Å²) in [6, 6.07) is 3.07. The SMILES string of the molecule is COCC(C)(C)n1c(CCCl)nc2cc(F)c(OC)cc21. The van der Waals surface area contributed by atoms with Gasteiger partial charge in [0.25, 0.3) is 0 Å². The van der Waals surface area contributed by atoms with Gasteiger partial charge >= 0.3 is 0 Å². The van der Waals surface area contributed by atoms with Crippen LogP contribution < -0.4 is 4.74 Å². The highest BCUT2D eigenvalue weighted by Crippen LogP contribution is 2.30. The average Bonchev–Trinajstić information content (AvgIpc) is 2.75. The maximum atomic E-state index is 13.9. The summed E-state index contributed by atoms with van der Waals surface area (Å²) in [5.74, 6) is 1.05. The zero-order chi connectivity index (χ0) is 15.6. The maximum Gasteiger partial charge on any atom is 0.167 e. The molecule has 0 unspecified atom stereocenters. The van der Waals surface area contributed by atoms with Crippen LogP contribution in [0.25, 0.3) is 11.0 Å². The number of ether oxygens (including phenoxy) is 2. The fourth-order valence-electron chi connectivity index (χ4n) is 2.63. The van der Waals surface area contributed by atoms with Crippen LogP contribution in [0.3, 0.4) is 0 Å². The molecule has 1 heterocycles. The van der Waals surface area contributed by atoms with E-state index in [2.05, 4.69) is 9.55 Å². The second kappa shape index (κ2) is 6.20. The Hall–Kier alpha value is -1.33. The lowest BCUT2D eigenvalue weighted by atomic mass is 10.1. The van der Waals surface area contributed by atoms with Crippen molar-refractivity contribution in [3.05, 3.63) is 23.8 Å². The molecule has 1 aromatic heterocycles. The number of hydrogen-bond acceptors (Lipinski definition) is 3. The minimum absolute atomic E-state index is 0.203. The molecule has 6 heteroatoms. The first kappa shape index (κ1) is 16.0. The van der Waals surface area contributed by atoms with Crippen LogP contribution in [-0.2, 0) is 16.7 Å². The minimum atomic E-state index is -0.420. The van der Waals surface area contributed by atoms with Gasteiger partial charge in [-0.25, -0.2) is 9.37 Å². The van der Waals surface area contributed by atoms with Crippen molar-refractivity contribution in [3.8, 4) is 5.75 Å². The van der Waals surface area contributed by atoms with Gasteiger partial charge in [0, 0.05) is 31.5 Å². The molecule has 1 aromatic carbocycles. The van der Waals surface area contributed by atoms with Crippen molar-refractivity contribution in [1.82, 2.24) is 9.55 Å². The molecule has 2 rings (SSSR count). The van der Waals surface area contributed by atoms with Crippen LogP contribution in [0.4, 0.5) is 4.39 Å². The number of benzene rings is 1. The lowest BCUT2D eigenvalue weighted by Gasteiger charge is -2.28. The quantitative estimate of drug-likeness (QED) is 0.767. The molecule has 0 N–H and O–H groups in total. The van der Waals surface area contributed by atoms with E-state index >= 15 is 0 Å². The van der Waals surface area contributed by atoms with Crippen molar-refractivity contribution in [2.24, 2.45) is 0 Å². The van der Waals surface area contributed by atoms with E-state index in [1.807, 2.05) is 13.8 Å². The van der Waals surface area contributed by atoms with Crippen LogP contribution in [0.2, 0.25) is 0 Å². The highest BCUT2D eigenvalue weighted by Gasteiger charge is 2.26. The summed E-state index contributed by atoms with van der Waals surface area (Å²) in [6.07, 6.45) is 0.604. The van der Waals surface area contributed by atoms with Crippen LogP contribution in [0.1, 0.15) is 19.7 Å². The molecule has 0 aliphatic rings. The molecule has 0 saturated carbocycles. The van der Waals surface area contributed by atoms with Crippen LogP contribution in [-0.4, -0.2) is 36.3 Å². The molecule has 4 nitrogen and oxygen atoms in total. The van der Waals surface area contributed by atoms with Gasteiger partial charge in [-0.15, -0.1) is 11.6 Å². The van der Waals surface area contributed by atoms with E-state index in [4.69, 9.17) is 21.1 Å². The summed E-state index contributed by atoms with van der Waals surface area (Å²) < 4.78 is 26.3. The molecule has 0 fully saturated rings. The molecule has 0 spiro atoms. The summed E-state index contributed by atoms with van der Waals surface area (Å²) in [4.78, 5) is 4.51. The third kappa shape index (κ3) is 2.99. The third-order valence-electron chi connectivity index (χ3n) is 3.42. The minimum Gasteiger partial charge on any atom is -0.494 e. The molecule has 2 aromatic rings. The molecular formula is C15H20ClFN2O2. The Bertz CT molecular complexity index is 640. The van der Waals surface area contributed by atoms with Crippen LogP contribution in [0, 0.1) is 5.82 Å². The fourth-order valence-corrected chi connectivity index (χ4v) is 2.80. The summed E-state index contributed by atoms with van der Waals surface area (Å²) in [5, 5.41) is 0.